The first kappa shape index (κ1) is 22.7. The highest BCUT2D eigenvalue weighted by Crippen LogP contribution is 2.34. The lowest BCUT2D eigenvalue weighted by atomic mass is 9.87. The molecule has 3 N–H and O–H groups in total. The molecule has 0 aliphatic heterocycles. The minimum absolute atomic E-state index is 0.101. The summed E-state index contributed by atoms with van der Waals surface area (Å²) >= 11 is 0. The van der Waals surface area contributed by atoms with Gasteiger partial charge in [0.1, 0.15) is 22.8 Å². The van der Waals surface area contributed by atoms with Gasteiger partial charge in [-0.3, -0.25) is 9.59 Å². The minimum atomic E-state index is -0.837. The van der Waals surface area contributed by atoms with Crippen molar-refractivity contribution in [1.82, 2.24) is 10.3 Å². The summed E-state index contributed by atoms with van der Waals surface area (Å²) in [6, 6.07) is 10.2. The smallest absolute Gasteiger partial charge is 0.343 e. The van der Waals surface area contributed by atoms with Gasteiger partial charge in [0.15, 0.2) is 0 Å². The first-order valence-corrected chi connectivity index (χ1v) is 9.99. The fourth-order valence-electron chi connectivity index (χ4n) is 3.30. The zero-order chi connectivity index (χ0) is 23.1. The lowest BCUT2D eigenvalue weighted by Crippen LogP contribution is -2.27. The highest BCUT2D eigenvalue weighted by molar-refractivity contribution is 5.92. The maximum Gasteiger partial charge on any atom is 0.343 e. The summed E-state index contributed by atoms with van der Waals surface area (Å²) in [6.45, 7) is 1.90. The van der Waals surface area contributed by atoms with E-state index < -0.39 is 23.2 Å². The maximum atomic E-state index is 12.7. The Morgan fingerprint density at radius 1 is 1.22 bits per heavy atom. The van der Waals surface area contributed by atoms with Gasteiger partial charge in [0.2, 0.25) is 5.91 Å². The average molecular weight is 440 g/mol. The van der Waals surface area contributed by atoms with E-state index >= 15 is 0 Å². The Hall–Kier alpha value is -4.01. The fourth-order valence-corrected chi connectivity index (χ4v) is 3.30. The van der Waals surface area contributed by atoms with Crippen molar-refractivity contribution in [2.45, 2.75) is 25.8 Å². The van der Waals surface area contributed by atoms with Gasteiger partial charge in [-0.2, -0.15) is 0 Å². The van der Waals surface area contributed by atoms with Crippen LogP contribution >= 0.6 is 0 Å². The van der Waals surface area contributed by atoms with Crippen LogP contribution in [0.25, 0.3) is 0 Å². The molecule has 0 radical (unpaired) electrons. The molecule has 0 unspecified atom stereocenters. The van der Waals surface area contributed by atoms with Crippen molar-refractivity contribution in [2.24, 2.45) is 0 Å². The monoisotopic (exact) mass is 440 g/mol. The van der Waals surface area contributed by atoms with Crippen molar-refractivity contribution in [3.05, 3.63) is 81.7 Å². The number of aromatic nitrogens is 1. The molecule has 0 bridgehead atoms. The largest absolute Gasteiger partial charge is 0.506 e. The Morgan fingerprint density at radius 2 is 1.97 bits per heavy atom. The number of rotatable bonds is 9. The van der Waals surface area contributed by atoms with Gasteiger partial charge < -0.3 is 29.3 Å². The van der Waals surface area contributed by atoms with Gasteiger partial charge in [-0.05, 0) is 36.8 Å². The van der Waals surface area contributed by atoms with Gasteiger partial charge in [-0.15, -0.1) is 0 Å². The molecule has 1 atom stereocenters. The second-order valence-electron chi connectivity index (χ2n) is 6.90. The van der Waals surface area contributed by atoms with Crippen molar-refractivity contribution in [3.8, 4) is 11.5 Å². The molecule has 1 aromatic carbocycles. The first-order chi connectivity index (χ1) is 15.4. The molecule has 0 aliphatic carbocycles. The summed E-state index contributed by atoms with van der Waals surface area (Å²) in [5.74, 6) is -1.35. The van der Waals surface area contributed by atoms with E-state index in [1.165, 1.54) is 13.4 Å². The quantitative estimate of drug-likeness (QED) is 0.436. The van der Waals surface area contributed by atoms with E-state index in [1.807, 2.05) is 0 Å². The SMILES string of the molecule is CCOC(=O)c1c[nH]c(=O)c([C@@H](CC(=O)NCc2ccco2)c2ccc(OC)cc2)c1O. The molecular formula is C23H24N2O7. The molecule has 0 aliphatic rings. The molecular weight excluding hydrogens is 416 g/mol. The number of pyridine rings is 1. The topological polar surface area (TPSA) is 131 Å². The first-order valence-electron chi connectivity index (χ1n) is 9.99. The van der Waals surface area contributed by atoms with Crippen molar-refractivity contribution < 1.29 is 28.6 Å². The van der Waals surface area contributed by atoms with E-state index in [0.717, 1.165) is 6.20 Å². The van der Waals surface area contributed by atoms with Crippen LogP contribution in [-0.4, -0.2) is 35.7 Å². The van der Waals surface area contributed by atoms with Gasteiger partial charge in [0, 0.05) is 18.5 Å². The molecule has 9 heteroatoms. The van der Waals surface area contributed by atoms with Crippen molar-refractivity contribution in [1.29, 1.82) is 0 Å². The zero-order valence-electron chi connectivity index (χ0n) is 17.7. The van der Waals surface area contributed by atoms with Gasteiger partial charge in [-0.1, -0.05) is 12.1 Å². The van der Waals surface area contributed by atoms with Crippen LogP contribution in [0, 0.1) is 0 Å². The number of carbonyl (C=O) groups is 2. The van der Waals surface area contributed by atoms with Crippen LogP contribution in [-0.2, 0) is 16.1 Å². The number of nitrogens with one attached hydrogen (secondary N) is 2. The van der Waals surface area contributed by atoms with Crippen LogP contribution in [0.5, 0.6) is 11.5 Å². The van der Waals surface area contributed by atoms with Crippen LogP contribution < -0.4 is 15.6 Å². The Bertz CT molecular complexity index is 1120. The summed E-state index contributed by atoms with van der Waals surface area (Å²) in [5.41, 5.74) is -0.319. The number of amides is 1. The molecule has 2 aromatic heterocycles. The van der Waals surface area contributed by atoms with E-state index in [4.69, 9.17) is 13.9 Å². The summed E-state index contributed by atoms with van der Waals surface area (Å²) in [4.78, 5) is 40.1. The third-order valence-corrected chi connectivity index (χ3v) is 4.89. The van der Waals surface area contributed by atoms with Gasteiger partial charge >= 0.3 is 5.97 Å². The molecule has 0 spiro atoms. The maximum absolute atomic E-state index is 12.7. The molecule has 0 saturated carbocycles. The summed E-state index contributed by atoms with van der Waals surface area (Å²) in [6.07, 6.45) is 2.44. The normalized spacial score (nSPS) is 11.6. The molecule has 0 saturated heterocycles. The molecule has 9 nitrogen and oxygen atoms in total. The van der Waals surface area contributed by atoms with E-state index in [2.05, 4.69) is 10.3 Å². The van der Waals surface area contributed by atoms with Gasteiger partial charge in [-0.25, -0.2) is 4.79 Å². The number of furan rings is 1. The Kier molecular flexibility index (Phi) is 7.33. The van der Waals surface area contributed by atoms with Gasteiger partial charge in [0.05, 0.1) is 32.1 Å². The molecule has 1 amide bonds. The second-order valence-corrected chi connectivity index (χ2v) is 6.90. The molecule has 32 heavy (non-hydrogen) atoms. The highest BCUT2D eigenvalue weighted by Gasteiger charge is 2.28. The fraction of sp³-hybridized carbons (Fsp3) is 0.261. The van der Waals surface area contributed by atoms with E-state index in [9.17, 15) is 19.5 Å². The molecule has 3 rings (SSSR count). The number of esters is 1. The summed E-state index contributed by atoms with van der Waals surface area (Å²) in [7, 11) is 1.52. The Morgan fingerprint density at radius 3 is 2.59 bits per heavy atom. The second kappa shape index (κ2) is 10.3. The third-order valence-electron chi connectivity index (χ3n) is 4.89. The number of aromatic hydroxyl groups is 1. The minimum Gasteiger partial charge on any atom is -0.506 e. The summed E-state index contributed by atoms with van der Waals surface area (Å²) in [5, 5.41) is 13.5. The number of methoxy groups -OCH3 is 1. The predicted molar refractivity (Wildman–Crippen MR) is 115 cm³/mol. The lowest BCUT2D eigenvalue weighted by Gasteiger charge is -2.19. The lowest BCUT2D eigenvalue weighted by molar-refractivity contribution is -0.121. The van der Waals surface area contributed by atoms with Crippen LogP contribution in [0.2, 0.25) is 0 Å². The Balaban J connectivity index is 1.98. The van der Waals surface area contributed by atoms with E-state index in [-0.39, 0.29) is 36.6 Å². The van der Waals surface area contributed by atoms with Crippen molar-refractivity contribution in [3.63, 3.8) is 0 Å². The summed E-state index contributed by atoms with van der Waals surface area (Å²) < 4.78 is 15.3. The predicted octanol–water partition coefficient (Wildman–Crippen LogP) is 2.70. The van der Waals surface area contributed by atoms with Crippen LogP contribution in [0.15, 0.2) is 58.1 Å². The Labute approximate surface area is 184 Å². The van der Waals surface area contributed by atoms with Crippen LogP contribution in [0.1, 0.15) is 46.5 Å². The van der Waals surface area contributed by atoms with Gasteiger partial charge in [0.25, 0.3) is 5.56 Å². The van der Waals surface area contributed by atoms with Crippen LogP contribution in [0.4, 0.5) is 0 Å². The third kappa shape index (κ3) is 5.18. The van der Waals surface area contributed by atoms with Crippen molar-refractivity contribution >= 4 is 11.9 Å². The number of hydrogen-bond acceptors (Lipinski definition) is 7. The van der Waals surface area contributed by atoms with E-state index in [0.29, 0.717) is 17.1 Å². The number of hydrogen-bond donors (Lipinski definition) is 3. The zero-order valence-corrected chi connectivity index (χ0v) is 17.7. The molecule has 2 heterocycles. The van der Waals surface area contributed by atoms with Crippen molar-refractivity contribution in [2.75, 3.05) is 13.7 Å². The average Bonchev–Trinajstić information content (AvgIpc) is 3.31. The van der Waals surface area contributed by atoms with Crippen LogP contribution in [0.3, 0.4) is 0 Å². The molecule has 168 valence electrons. The number of H-pyrrole nitrogens is 1. The number of ether oxygens (including phenoxy) is 2. The molecule has 3 aromatic rings. The highest BCUT2D eigenvalue weighted by atomic mass is 16.5. The number of carbonyl (C=O) groups excluding carboxylic acids is 2. The number of aromatic amines is 1. The molecule has 0 fully saturated rings. The number of benzene rings is 1. The standard InChI is InChI=1S/C23H24N2O7/c1-3-31-23(29)18-13-25-22(28)20(21(18)27)17(14-6-8-15(30-2)9-7-14)11-19(26)24-12-16-5-4-10-32-16/h4-10,13,17H,3,11-12H2,1-2H3,(H,24,26)(H2,25,27,28)/t17-/m0/s1. The van der Waals surface area contributed by atoms with E-state index in [1.54, 1.807) is 43.3 Å².